The van der Waals surface area contributed by atoms with Crippen LogP contribution in [0.5, 0.6) is 5.75 Å². The van der Waals surface area contributed by atoms with Crippen molar-refractivity contribution in [2.45, 2.75) is 25.1 Å². The molecule has 1 N–H and O–H groups in total. The molecule has 4 aromatic rings. The molecule has 0 amide bonds. The monoisotopic (exact) mass is 525 g/mol. The van der Waals surface area contributed by atoms with Crippen LogP contribution in [0.2, 0.25) is 0 Å². The van der Waals surface area contributed by atoms with E-state index in [0.29, 0.717) is 34.4 Å². The molecule has 0 radical (unpaired) electrons. The van der Waals surface area contributed by atoms with Gasteiger partial charge in [0.2, 0.25) is 5.95 Å². The lowest BCUT2D eigenvalue weighted by Gasteiger charge is -2.28. The summed E-state index contributed by atoms with van der Waals surface area (Å²) in [4.78, 5) is 7.21. The molecule has 39 heavy (non-hydrogen) atoms. The highest BCUT2D eigenvalue weighted by atomic mass is 19.1. The number of nitrogens with zero attached hydrogens (tertiary/aromatic N) is 4. The molecule has 7 rings (SSSR count). The molecule has 3 aliphatic heterocycles. The Kier molecular flexibility index (Phi) is 5.80. The van der Waals surface area contributed by atoms with Crippen LogP contribution < -0.4 is 10.1 Å². The van der Waals surface area contributed by atoms with Crippen molar-refractivity contribution in [1.82, 2.24) is 14.5 Å². The largest absolute Gasteiger partial charge is 0.488 e. The number of hydrogen-bond donors (Lipinski definition) is 1. The van der Waals surface area contributed by atoms with E-state index in [0.717, 1.165) is 54.9 Å². The van der Waals surface area contributed by atoms with Crippen LogP contribution in [0.15, 0.2) is 54.6 Å². The van der Waals surface area contributed by atoms with Crippen LogP contribution in [0.4, 0.5) is 14.7 Å². The highest BCUT2D eigenvalue weighted by Gasteiger charge is 2.36. The van der Waals surface area contributed by atoms with E-state index in [1.54, 1.807) is 12.1 Å². The third-order valence-electron chi connectivity index (χ3n) is 7.91. The van der Waals surface area contributed by atoms with E-state index in [4.69, 9.17) is 14.5 Å². The summed E-state index contributed by atoms with van der Waals surface area (Å²) in [5, 5.41) is 12.2. The Labute approximate surface area is 223 Å². The molecule has 9 heteroatoms. The van der Waals surface area contributed by atoms with Crippen LogP contribution in [0.3, 0.4) is 0 Å². The predicted octanol–water partition coefficient (Wildman–Crippen LogP) is 5.33. The Balaban J connectivity index is 1.34. The molecular weight excluding hydrogens is 500 g/mol. The van der Waals surface area contributed by atoms with Crippen molar-refractivity contribution < 1.29 is 18.3 Å². The molecular formula is C30H25F2N5O2. The standard InChI is InChI=1S/C30H25F2N5O2/c31-19-5-6-23-24(22-2-1-3-26(32)25(22)16-39-29(23)12-19)10-18-4-7-28-27(11-18)35-30(34-17-33)37(28)20-13-21-15-38-9-8-36(21)14-20/h1-7,10-12,20-21H,8-9,13-16H2,(H,34,35)/b24-10+. The van der Waals surface area contributed by atoms with Gasteiger partial charge in [0.05, 0.1) is 30.3 Å². The SMILES string of the molecule is N#CNc1nc2cc(/C=C3/c4ccc(F)cc4OCc4c(F)cccc43)ccc2n1C1CC2COCCN2C1. The molecule has 3 aromatic carbocycles. The van der Waals surface area contributed by atoms with Crippen molar-refractivity contribution in [2.75, 3.05) is 31.6 Å². The zero-order valence-electron chi connectivity index (χ0n) is 21.0. The third-order valence-corrected chi connectivity index (χ3v) is 7.91. The van der Waals surface area contributed by atoms with Gasteiger partial charge in [0.1, 0.15) is 24.0 Å². The van der Waals surface area contributed by atoms with Gasteiger partial charge in [0, 0.05) is 36.3 Å². The first-order valence-corrected chi connectivity index (χ1v) is 13.0. The Bertz CT molecular complexity index is 1660. The molecule has 196 valence electrons. The minimum atomic E-state index is -0.418. The fourth-order valence-electron chi connectivity index (χ4n) is 6.12. The maximum atomic E-state index is 14.8. The van der Waals surface area contributed by atoms with E-state index < -0.39 is 5.82 Å². The molecule has 2 atom stereocenters. The first kappa shape index (κ1) is 23.8. The van der Waals surface area contributed by atoms with Gasteiger partial charge in [0.25, 0.3) is 0 Å². The van der Waals surface area contributed by atoms with Crippen LogP contribution in [0.1, 0.15) is 34.7 Å². The minimum absolute atomic E-state index is 0.00682. The maximum absolute atomic E-state index is 14.8. The molecule has 2 fully saturated rings. The van der Waals surface area contributed by atoms with Crippen LogP contribution in [-0.4, -0.2) is 46.8 Å². The number of morpholine rings is 1. The Morgan fingerprint density at radius 3 is 2.87 bits per heavy atom. The number of anilines is 1. The lowest BCUT2D eigenvalue weighted by Crippen LogP contribution is -2.40. The van der Waals surface area contributed by atoms with E-state index >= 15 is 0 Å². The summed E-state index contributed by atoms with van der Waals surface area (Å²) in [5.41, 5.74) is 5.05. The quantitative estimate of drug-likeness (QED) is 0.288. The molecule has 1 aromatic heterocycles. The Hall–Kier alpha value is -4.26. The Morgan fingerprint density at radius 1 is 1.08 bits per heavy atom. The number of benzene rings is 3. The zero-order chi connectivity index (χ0) is 26.5. The number of fused-ring (bicyclic) bond motifs is 4. The van der Waals surface area contributed by atoms with Crippen LogP contribution in [0, 0.1) is 23.1 Å². The van der Waals surface area contributed by atoms with Gasteiger partial charge >= 0.3 is 0 Å². The average molecular weight is 526 g/mol. The molecule has 7 nitrogen and oxygen atoms in total. The highest BCUT2D eigenvalue weighted by molar-refractivity contribution is 5.96. The van der Waals surface area contributed by atoms with Gasteiger partial charge in [-0.25, -0.2) is 13.8 Å². The van der Waals surface area contributed by atoms with Crippen LogP contribution in [-0.2, 0) is 11.3 Å². The maximum Gasteiger partial charge on any atom is 0.217 e. The van der Waals surface area contributed by atoms with Gasteiger partial charge in [0.15, 0.2) is 6.19 Å². The van der Waals surface area contributed by atoms with Gasteiger partial charge in [-0.15, -0.1) is 0 Å². The summed E-state index contributed by atoms with van der Waals surface area (Å²) in [6.45, 7) is 3.25. The van der Waals surface area contributed by atoms with Crippen molar-refractivity contribution in [2.24, 2.45) is 0 Å². The summed E-state index contributed by atoms with van der Waals surface area (Å²) in [5.74, 6) is 0.0913. The van der Waals surface area contributed by atoms with Crippen LogP contribution >= 0.6 is 0 Å². The molecule has 0 spiro atoms. The number of imidazole rings is 1. The summed E-state index contributed by atoms with van der Waals surface area (Å²) < 4.78 is 42.5. The minimum Gasteiger partial charge on any atom is -0.488 e. The number of ether oxygens (including phenoxy) is 2. The van der Waals surface area contributed by atoms with E-state index in [1.807, 2.05) is 36.5 Å². The second kappa shape index (κ2) is 9.49. The lowest BCUT2D eigenvalue weighted by molar-refractivity contribution is 0.0128. The number of nitrogens with one attached hydrogen (secondary N) is 1. The fraction of sp³-hybridized carbons (Fsp3) is 0.267. The normalized spacial score (nSPS) is 21.5. The second-order valence-corrected chi connectivity index (χ2v) is 10.2. The third kappa shape index (κ3) is 4.13. The molecule has 2 saturated heterocycles. The van der Waals surface area contributed by atoms with Gasteiger partial charge < -0.3 is 14.0 Å². The van der Waals surface area contributed by atoms with Crippen molar-refractivity contribution in [3.05, 3.63) is 88.5 Å². The zero-order valence-corrected chi connectivity index (χ0v) is 21.0. The highest BCUT2D eigenvalue weighted by Crippen LogP contribution is 2.40. The van der Waals surface area contributed by atoms with Gasteiger partial charge in [-0.1, -0.05) is 18.2 Å². The summed E-state index contributed by atoms with van der Waals surface area (Å²) in [6.07, 6.45) is 4.90. The summed E-state index contributed by atoms with van der Waals surface area (Å²) >= 11 is 0. The van der Waals surface area contributed by atoms with Gasteiger partial charge in [-0.05, 0) is 59.5 Å². The summed E-state index contributed by atoms with van der Waals surface area (Å²) in [6, 6.07) is 15.8. The summed E-state index contributed by atoms with van der Waals surface area (Å²) in [7, 11) is 0. The smallest absolute Gasteiger partial charge is 0.217 e. The molecule has 0 aliphatic carbocycles. The molecule has 2 unspecified atom stereocenters. The van der Waals surface area contributed by atoms with E-state index in [-0.39, 0.29) is 18.5 Å². The topological polar surface area (TPSA) is 75.3 Å². The van der Waals surface area contributed by atoms with Crippen molar-refractivity contribution in [3.8, 4) is 11.9 Å². The van der Waals surface area contributed by atoms with Crippen molar-refractivity contribution in [3.63, 3.8) is 0 Å². The number of aromatic nitrogens is 2. The number of nitriles is 1. The average Bonchev–Trinajstić information content (AvgIpc) is 3.47. The van der Waals surface area contributed by atoms with E-state index in [9.17, 15) is 14.0 Å². The fourth-order valence-corrected chi connectivity index (χ4v) is 6.12. The van der Waals surface area contributed by atoms with E-state index in [1.165, 1.54) is 18.2 Å². The lowest BCUT2D eigenvalue weighted by atomic mass is 9.92. The van der Waals surface area contributed by atoms with Gasteiger partial charge in [-0.3, -0.25) is 10.2 Å². The number of hydrogen-bond acceptors (Lipinski definition) is 6. The first-order valence-electron chi connectivity index (χ1n) is 13.0. The molecule has 4 heterocycles. The van der Waals surface area contributed by atoms with Crippen molar-refractivity contribution in [1.29, 1.82) is 5.26 Å². The molecule has 0 bridgehead atoms. The predicted molar refractivity (Wildman–Crippen MR) is 143 cm³/mol. The van der Waals surface area contributed by atoms with E-state index in [2.05, 4.69) is 14.8 Å². The van der Waals surface area contributed by atoms with Crippen molar-refractivity contribution >= 4 is 28.6 Å². The van der Waals surface area contributed by atoms with Gasteiger partial charge in [-0.2, -0.15) is 5.26 Å². The number of rotatable bonds is 3. The van der Waals surface area contributed by atoms with Crippen LogP contribution in [0.25, 0.3) is 22.7 Å². The first-order chi connectivity index (χ1) is 19.1. The Morgan fingerprint density at radius 2 is 2.00 bits per heavy atom. The molecule has 3 aliphatic rings. The second-order valence-electron chi connectivity index (χ2n) is 10.2. The molecule has 0 saturated carbocycles. The number of halogens is 2.